The summed E-state index contributed by atoms with van der Waals surface area (Å²) in [6.07, 6.45) is 2.18. The summed E-state index contributed by atoms with van der Waals surface area (Å²) in [7, 11) is 0. The van der Waals surface area contributed by atoms with E-state index in [9.17, 15) is 5.41 Å². The van der Waals surface area contributed by atoms with Crippen molar-refractivity contribution in [2.45, 2.75) is 6.92 Å². The minimum absolute atomic E-state index is 0.492. The van der Waals surface area contributed by atoms with Gasteiger partial charge in [0.25, 0.3) is 0 Å². The lowest BCUT2D eigenvalue weighted by Crippen LogP contribution is -2.19. The fourth-order valence-corrected chi connectivity index (χ4v) is 6.38. The Morgan fingerprint density at radius 3 is 2.09 bits per heavy atom. The SMILES string of the molecule is C/C(C(=N)c1cccc(-c2ccc(-c3nc4ccccc4n3-c3ccccc3)cc2)c1)=C1/NC(c2ccccc2)=Cc2ccccc21. The number of hydrogen-bond acceptors (Lipinski definition) is 3. The van der Waals surface area contributed by atoms with Gasteiger partial charge in [0.05, 0.1) is 22.4 Å². The van der Waals surface area contributed by atoms with Gasteiger partial charge in [-0.1, -0.05) is 127 Å². The number of nitrogens with zero attached hydrogens (tertiary/aromatic N) is 2. The molecule has 1 aliphatic rings. The summed E-state index contributed by atoms with van der Waals surface area (Å²) in [4.78, 5) is 5.02. The molecular weight excluding hydrogens is 573 g/mol. The van der Waals surface area contributed by atoms with Crippen LogP contribution in [0.15, 0.2) is 163 Å². The third-order valence-electron chi connectivity index (χ3n) is 8.83. The van der Waals surface area contributed by atoms with Gasteiger partial charge < -0.3 is 5.32 Å². The van der Waals surface area contributed by atoms with Crippen LogP contribution in [0.2, 0.25) is 0 Å². The molecule has 0 aliphatic carbocycles. The molecule has 7 aromatic rings. The monoisotopic (exact) mass is 604 g/mol. The van der Waals surface area contributed by atoms with Crippen molar-refractivity contribution >= 4 is 34.2 Å². The number of benzene rings is 6. The van der Waals surface area contributed by atoms with Crippen molar-refractivity contribution in [2.75, 3.05) is 0 Å². The largest absolute Gasteiger partial charge is 0.354 e. The molecule has 0 saturated carbocycles. The minimum Gasteiger partial charge on any atom is -0.354 e. The summed E-state index contributed by atoms with van der Waals surface area (Å²) in [6, 6.07) is 54.2. The quantitative estimate of drug-likeness (QED) is 0.186. The Kier molecular flexibility index (Phi) is 7.16. The van der Waals surface area contributed by atoms with Gasteiger partial charge >= 0.3 is 0 Å². The predicted octanol–water partition coefficient (Wildman–Crippen LogP) is 10.3. The van der Waals surface area contributed by atoms with Gasteiger partial charge in [0, 0.05) is 28.1 Å². The predicted molar refractivity (Wildman–Crippen MR) is 195 cm³/mol. The van der Waals surface area contributed by atoms with E-state index in [0.717, 1.165) is 78.5 Å². The van der Waals surface area contributed by atoms with E-state index in [-0.39, 0.29) is 0 Å². The molecule has 0 amide bonds. The van der Waals surface area contributed by atoms with Crippen molar-refractivity contribution in [3.63, 3.8) is 0 Å². The van der Waals surface area contributed by atoms with E-state index in [0.29, 0.717) is 5.71 Å². The van der Waals surface area contributed by atoms with E-state index in [1.54, 1.807) is 0 Å². The zero-order valence-electron chi connectivity index (χ0n) is 26.0. The van der Waals surface area contributed by atoms with E-state index >= 15 is 0 Å². The molecule has 0 spiro atoms. The molecule has 8 rings (SSSR count). The first kappa shape index (κ1) is 28.2. The van der Waals surface area contributed by atoms with Crippen LogP contribution in [-0.4, -0.2) is 15.3 Å². The highest BCUT2D eigenvalue weighted by molar-refractivity contribution is 6.16. The van der Waals surface area contributed by atoms with Crippen LogP contribution in [-0.2, 0) is 0 Å². The first-order valence-electron chi connectivity index (χ1n) is 15.8. The summed E-state index contributed by atoms with van der Waals surface area (Å²) >= 11 is 0. The van der Waals surface area contributed by atoms with Crippen molar-refractivity contribution in [1.82, 2.24) is 14.9 Å². The third-order valence-corrected chi connectivity index (χ3v) is 8.83. The lowest BCUT2D eigenvalue weighted by atomic mass is 9.91. The Balaban J connectivity index is 1.12. The highest BCUT2D eigenvalue weighted by atomic mass is 15.1. The molecule has 6 aromatic carbocycles. The van der Waals surface area contributed by atoms with E-state index in [2.05, 4.69) is 131 Å². The Morgan fingerprint density at radius 2 is 1.28 bits per heavy atom. The van der Waals surface area contributed by atoms with Gasteiger partial charge in [-0.05, 0) is 71.2 Å². The van der Waals surface area contributed by atoms with Crippen LogP contribution >= 0.6 is 0 Å². The van der Waals surface area contributed by atoms with Gasteiger partial charge in [0.15, 0.2) is 0 Å². The maximum absolute atomic E-state index is 9.32. The fourth-order valence-electron chi connectivity index (χ4n) is 6.38. The summed E-state index contributed by atoms with van der Waals surface area (Å²) in [6.45, 7) is 2.04. The van der Waals surface area contributed by atoms with Crippen molar-refractivity contribution in [2.24, 2.45) is 0 Å². The molecule has 224 valence electrons. The van der Waals surface area contributed by atoms with Crippen LogP contribution in [0.25, 0.3) is 56.7 Å². The molecule has 0 unspecified atom stereocenters. The number of hydrogen-bond donors (Lipinski definition) is 2. The Hall–Kier alpha value is -6.26. The molecule has 0 radical (unpaired) electrons. The Morgan fingerprint density at radius 1 is 0.617 bits per heavy atom. The zero-order chi connectivity index (χ0) is 31.7. The molecule has 1 aromatic heterocycles. The van der Waals surface area contributed by atoms with Crippen LogP contribution in [0.1, 0.15) is 29.2 Å². The molecule has 47 heavy (non-hydrogen) atoms. The number of fused-ring (bicyclic) bond motifs is 2. The summed E-state index contributed by atoms with van der Waals surface area (Å²) in [5.41, 5.74) is 13.9. The van der Waals surface area contributed by atoms with Crippen molar-refractivity contribution in [3.8, 4) is 28.2 Å². The average molecular weight is 605 g/mol. The molecule has 0 saturated heterocycles. The molecule has 0 bridgehead atoms. The normalized spacial score (nSPS) is 13.4. The van der Waals surface area contributed by atoms with E-state index in [1.165, 1.54) is 0 Å². The molecule has 0 fully saturated rings. The van der Waals surface area contributed by atoms with E-state index in [4.69, 9.17) is 4.98 Å². The van der Waals surface area contributed by atoms with Gasteiger partial charge in [0.1, 0.15) is 5.82 Å². The highest BCUT2D eigenvalue weighted by Crippen LogP contribution is 2.34. The molecular formula is C43H32N4. The lowest BCUT2D eigenvalue weighted by Gasteiger charge is -2.25. The summed E-state index contributed by atoms with van der Waals surface area (Å²) in [5.74, 6) is 0.908. The number of imidazole rings is 1. The number of rotatable bonds is 6. The van der Waals surface area contributed by atoms with Crippen LogP contribution in [0.5, 0.6) is 0 Å². The van der Waals surface area contributed by atoms with Crippen molar-refractivity contribution < 1.29 is 0 Å². The van der Waals surface area contributed by atoms with Crippen molar-refractivity contribution in [3.05, 3.63) is 186 Å². The van der Waals surface area contributed by atoms with E-state index < -0.39 is 0 Å². The standard InChI is InChI=1S/C43H32N4/c1-29(42-37-20-9-8-15-34(37)28-39(45-42)31-13-4-2-5-14-31)41(44)35-17-12-16-33(27-35)30-23-25-32(26-24-30)43-46-38-21-10-11-22-40(38)47(43)36-18-6-3-7-19-36/h2-28,44-45H,1H3/b42-29-,44-41?. The second kappa shape index (κ2) is 11.9. The average Bonchev–Trinajstić information content (AvgIpc) is 3.54. The Bertz CT molecular complexity index is 2330. The van der Waals surface area contributed by atoms with Crippen LogP contribution in [0.3, 0.4) is 0 Å². The smallest absolute Gasteiger partial charge is 0.145 e. The number of para-hydroxylation sites is 3. The van der Waals surface area contributed by atoms with E-state index in [1.807, 2.05) is 49.4 Å². The van der Waals surface area contributed by atoms with Crippen LogP contribution in [0, 0.1) is 5.41 Å². The van der Waals surface area contributed by atoms with Crippen molar-refractivity contribution in [1.29, 1.82) is 5.41 Å². The summed E-state index contributed by atoms with van der Waals surface area (Å²) in [5, 5.41) is 13.0. The number of aromatic nitrogens is 2. The maximum atomic E-state index is 9.32. The number of nitrogens with one attached hydrogen (secondary N) is 2. The van der Waals surface area contributed by atoms with Gasteiger partial charge in [-0.3, -0.25) is 9.98 Å². The molecule has 4 heteroatoms. The second-order valence-electron chi connectivity index (χ2n) is 11.8. The first-order valence-corrected chi connectivity index (χ1v) is 15.8. The lowest BCUT2D eigenvalue weighted by molar-refractivity contribution is 1.10. The third kappa shape index (κ3) is 5.26. The molecule has 1 aliphatic heterocycles. The first-order chi connectivity index (χ1) is 23.1. The van der Waals surface area contributed by atoms with Crippen LogP contribution < -0.4 is 5.32 Å². The topological polar surface area (TPSA) is 53.7 Å². The minimum atomic E-state index is 0.492. The van der Waals surface area contributed by atoms with Gasteiger partial charge in [-0.2, -0.15) is 0 Å². The van der Waals surface area contributed by atoms with Gasteiger partial charge in [0.2, 0.25) is 0 Å². The van der Waals surface area contributed by atoms with Gasteiger partial charge in [-0.25, -0.2) is 4.98 Å². The van der Waals surface area contributed by atoms with Crippen LogP contribution in [0.4, 0.5) is 0 Å². The fraction of sp³-hybridized carbons (Fsp3) is 0.0233. The maximum Gasteiger partial charge on any atom is 0.145 e. The van der Waals surface area contributed by atoms with Gasteiger partial charge in [-0.15, -0.1) is 0 Å². The molecule has 4 nitrogen and oxygen atoms in total. The highest BCUT2D eigenvalue weighted by Gasteiger charge is 2.20. The molecule has 2 N–H and O–H groups in total. The second-order valence-corrected chi connectivity index (χ2v) is 11.8. The number of allylic oxidation sites excluding steroid dienone is 1. The molecule has 0 atom stereocenters. The zero-order valence-corrected chi connectivity index (χ0v) is 26.0. The summed E-state index contributed by atoms with van der Waals surface area (Å²) < 4.78 is 2.22. The molecule has 2 heterocycles. The Labute approximate surface area is 274 Å².